The van der Waals surface area contributed by atoms with Crippen molar-refractivity contribution in [3.8, 4) is 17.6 Å². The van der Waals surface area contributed by atoms with Gasteiger partial charge in [-0.3, -0.25) is 4.79 Å². The number of esters is 1. The molecule has 1 aliphatic rings. The van der Waals surface area contributed by atoms with Crippen molar-refractivity contribution >= 4 is 17.8 Å². The molecule has 30 heavy (non-hydrogen) atoms. The molecule has 0 bridgehead atoms. The van der Waals surface area contributed by atoms with Gasteiger partial charge in [0.05, 0.1) is 24.8 Å². The van der Waals surface area contributed by atoms with Crippen molar-refractivity contribution in [2.24, 2.45) is 0 Å². The van der Waals surface area contributed by atoms with Gasteiger partial charge in [0, 0.05) is 23.0 Å². The Kier molecular flexibility index (Phi) is 6.07. The summed E-state index contributed by atoms with van der Waals surface area (Å²) < 4.78 is 16.0. The highest BCUT2D eigenvalue weighted by Gasteiger charge is 2.27. The Morgan fingerprint density at radius 3 is 2.67 bits per heavy atom. The molecular weight excluding hydrogens is 384 g/mol. The molecule has 1 aliphatic heterocycles. The first-order valence-electron chi connectivity index (χ1n) is 9.43. The largest absolute Gasteiger partial charge is 0.497 e. The minimum Gasteiger partial charge on any atom is -0.497 e. The summed E-state index contributed by atoms with van der Waals surface area (Å²) in [6.45, 7) is 5.46. The van der Waals surface area contributed by atoms with Crippen molar-refractivity contribution in [2.75, 3.05) is 20.3 Å². The zero-order valence-corrected chi connectivity index (χ0v) is 17.3. The van der Waals surface area contributed by atoms with Crippen molar-refractivity contribution in [1.29, 1.82) is 5.26 Å². The number of hydrogen-bond acceptors (Lipinski definition) is 6. The number of H-pyrrole nitrogens is 1. The fraction of sp³-hybridized carbons (Fsp3) is 0.261. The van der Waals surface area contributed by atoms with Crippen LogP contribution < -0.4 is 9.47 Å². The Labute approximate surface area is 174 Å². The molecule has 0 fully saturated rings. The van der Waals surface area contributed by atoms with Gasteiger partial charge in [-0.25, -0.2) is 4.79 Å². The predicted octanol–water partition coefficient (Wildman–Crippen LogP) is 3.93. The van der Waals surface area contributed by atoms with Gasteiger partial charge in [-0.15, -0.1) is 0 Å². The number of ether oxygens (including phenoxy) is 3. The number of rotatable bonds is 6. The number of nitriles is 1. The lowest BCUT2D eigenvalue weighted by molar-refractivity contribution is 0.0523. The molecule has 1 N–H and O–H groups in total. The zero-order valence-electron chi connectivity index (χ0n) is 17.3. The van der Waals surface area contributed by atoms with Gasteiger partial charge in [0.1, 0.15) is 29.7 Å². The fourth-order valence-electron chi connectivity index (χ4n) is 3.36. The van der Waals surface area contributed by atoms with Crippen LogP contribution in [-0.4, -0.2) is 37.1 Å². The number of hydrogen-bond donors (Lipinski definition) is 1. The third kappa shape index (κ3) is 3.98. The second kappa shape index (κ2) is 8.70. The summed E-state index contributed by atoms with van der Waals surface area (Å²) in [4.78, 5) is 28.5. The second-order valence-corrected chi connectivity index (χ2v) is 6.76. The molecule has 3 rings (SSSR count). The fourth-order valence-corrected chi connectivity index (χ4v) is 3.36. The number of carbonyl (C=O) groups excluding carboxylic acids is 2. The predicted molar refractivity (Wildman–Crippen MR) is 111 cm³/mol. The summed E-state index contributed by atoms with van der Waals surface area (Å²) in [5, 5.41) is 9.63. The van der Waals surface area contributed by atoms with E-state index in [1.807, 2.05) is 18.2 Å². The van der Waals surface area contributed by atoms with Crippen LogP contribution in [-0.2, 0) is 4.74 Å². The Morgan fingerprint density at radius 2 is 2.00 bits per heavy atom. The van der Waals surface area contributed by atoms with E-state index < -0.39 is 11.8 Å². The van der Waals surface area contributed by atoms with Crippen LogP contribution in [0.4, 0.5) is 0 Å². The van der Waals surface area contributed by atoms with E-state index in [2.05, 4.69) is 4.98 Å². The van der Waals surface area contributed by atoms with Crippen LogP contribution in [0.15, 0.2) is 35.4 Å². The molecular formula is C23H22N2O5. The van der Waals surface area contributed by atoms with Gasteiger partial charge in [0.15, 0.2) is 0 Å². The summed E-state index contributed by atoms with van der Waals surface area (Å²) in [5.74, 6) is 0.212. The summed E-state index contributed by atoms with van der Waals surface area (Å²) >= 11 is 0. The minimum absolute atomic E-state index is 0.0885. The maximum Gasteiger partial charge on any atom is 0.340 e. The first-order valence-corrected chi connectivity index (χ1v) is 9.43. The van der Waals surface area contributed by atoms with Crippen LogP contribution in [0.2, 0.25) is 0 Å². The molecule has 1 aromatic carbocycles. The standard InChI is InChI=1S/C23H22N2O5/c1-5-29-23(27)21-14(3)25-13(2)20(21)22(26)17(11-24)9-15-8-16-6-7-18(28-4)10-19(16)30-12-15/h6-10,25H,5,12H2,1-4H3/b17-9+. The van der Waals surface area contributed by atoms with E-state index in [0.717, 1.165) is 5.56 Å². The Bertz CT molecular complexity index is 1120. The first kappa shape index (κ1) is 20.9. The molecule has 0 saturated heterocycles. The van der Waals surface area contributed by atoms with E-state index in [4.69, 9.17) is 14.2 Å². The summed E-state index contributed by atoms with van der Waals surface area (Å²) in [5.41, 5.74) is 2.74. The Hall–Kier alpha value is -3.79. The quantitative estimate of drug-likeness (QED) is 0.338. The zero-order chi connectivity index (χ0) is 21.8. The van der Waals surface area contributed by atoms with Crippen LogP contribution in [0.1, 0.15) is 44.6 Å². The lowest BCUT2D eigenvalue weighted by Crippen LogP contribution is -2.14. The number of allylic oxidation sites excluding steroid dienone is 1. The Balaban J connectivity index is 1.98. The molecule has 0 atom stereocenters. The van der Waals surface area contributed by atoms with E-state index in [0.29, 0.717) is 28.5 Å². The second-order valence-electron chi connectivity index (χ2n) is 6.76. The highest BCUT2D eigenvalue weighted by atomic mass is 16.5. The van der Waals surface area contributed by atoms with E-state index in [1.165, 1.54) is 6.08 Å². The number of aryl methyl sites for hydroxylation is 2. The number of carbonyl (C=O) groups is 2. The maximum absolute atomic E-state index is 13.1. The number of Topliss-reactive ketones (excluding diaryl/α,β-unsaturated/α-hetero) is 1. The van der Waals surface area contributed by atoms with Gasteiger partial charge in [-0.1, -0.05) is 0 Å². The van der Waals surface area contributed by atoms with Crippen LogP contribution in [0.3, 0.4) is 0 Å². The molecule has 0 unspecified atom stereocenters. The average molecular weight is 406 g/mol. The number of aromatic nitrogens is 1. The molecule has 2 heterocycles. The number of methoxy groups -OCH3 is 1. The minimum atomic E-state index is -0.594. The highest BCUT2D eigenvalue weighted by Crippen LogP contribution is 2.31. The van der Waals surface area contributed by atoms with Gasteiger partial charge in [0.25, 0.3) is 0 Å². The van der Waals surface area contributed by atoms with Crippen LogP contribution in [0.25, 0.3) is 6.08 Å². The van der Waals surface area contributed by atoms with Crippen LogP contribution in [0.5, 0.6) is 11.5 Å². The third-order valence-electron chi connectivity index (χ3n) is 4.73. The number of benzene rings is 1. The number of aromatic amines is 1. The molecule has 154 valence electrons. The van der Waals surface area contributed by atoms with E-state index in [1.54, 1.807) is 40.0 Å². The summed E-state index contributed by atoms with van der Waals surface area (Å²) in [7, 11) is 1.58. The SMILES string of the molecule is CCOC(=O)c1c(C)[nH]c(C)c1C(=O)/C(C#N)=C/C1=Cc2ccc(OC)cc2OC1. The average Bonchev–Trinajstić information content (AvgIpc) is 3.04. The molecule has 0 saturated carbocycles. The van der Waals surface area contributed by atoms with Gasteiger partial charge >= 0.3 is 5.97 Å². The van der Waals surface area contributed by atoms with Crippen molar-refractivity contribution in [3.05, 3.63) is 63.5 Å². The van der Waals surface area contributed by atoms with E-state index >= 15 is 0 Å². The van der Waals surface area contributed by atoms with Gasteiger partial charge in [-0.2, -0.15) is 5.26 Å². The molecule has 0 spiro atoms. The number of nitrogens with one attached hydrogen (secondary N) is 1. The van der Waals surface area contributed by atoms with Crippen LogP contribution in [0, 0.1) is 25.2 Å². The summed E-state index contributed by atoms with van der Waals surface area (Å²) in [6.07, 6.45) is 3.34. The smallest absolute Gasteiger partial charge is 0.340 e. The molecule has 0 amide bonds. The highest BCUT2D eigenvalue weighted by molar-refractivity contribution is 6.17. The molecule has 7 heteroatoms. The number of fused-ring (bicyclic) bond motifs is 1. The molecule has 0 radical (unpaired) electrons. The van der Waals surface area contributed by atoms with Crippen molar-refractivity contribution in [1.82, 2.24) is 4.98 Å². The van der Waals surface area contributed by atoms with Gasteiger partial charge in [-0.05, 0) is 50.6 Å². The van der Waals surface area contributed by atoms with Crippen molar-refractivity contribution in [3.63, 3.8) is 0 Å². The number of ketones is 1. The lowest BCUT2D eigenvalue weighted by atomic mass is 9.97. The molecule has 1 aromatic heterocycles. The number of nitrogens with zero attached hydrogens (tertiary/aromatic N) is 1. The van der Waals surface area contributed by atoms with Crippen molar-refractivity contribution in [2.45, 2.75) is 20.8 Å². The van der Waals surface area contributed by atoms with E-state index in [9.17, 15) is 14.9 Å². The topological polar surface area (TPSA) is 101 Å². The maximum atomic E-state index is 13.1. The van der Waals surface area contributed by atoms with Gasteiger partial charge in [0.2, 0.25) is 5.78 Å². The summed E-state index contributed by atoms with van der Waals surface area (Å²) in [6, 6.07) is 7.38. The van der Waals surface area contributed by atoms with Crippen LogP contribution >= 0.6 is 0 Å². The Morgan fingerprint density at radius 1 is 1.27 bits per heavy atom. The van der Waals surface area contributed by atoms with Crippen molar-refractivity contribution < 1.29 is 23.8 Å². The monoisotopic (exact) mass is 406 g/mol. The lowest BCUT2D eigenvalue weighted by Gasteiger charge is -2.17. The first-order chi connectivity index (χ1) is 14.4. The molecule has 7 nitrogen and oxygen atoms in total. The van der Waals surface area contributed by atoms with Gasteiger partial charge < -0.3 is 19.2 Å². The molecule has 2 aromatic rings. The third-order valence-corrected chi connectivity index (χ3v) is 4.73. The normalized spacial score (nSPS) is 12.9. The molecule has 0 aliphatic carbocycles. The van der Waals surface area contributed by atoms with E-state index in [-0.39, 0.29) is 29.9 Å².